The Morgan fingerprint density at radius 2 is 2.05 bits per heavy atom. The van der Waals surface area contributed by atoms with E-state index in [2.05, 4.69) is 10.3 Å². The average molecular weight is 315 g/mol. The molecule has 0 unspecified atom stereocenters. The Hall–Kier alpha value is -1.86. The number of anilines is 1. The van der Waals surface area contributed by atoms with Crippen molar-refractivity contribution in [1.82, 2.24) is 4.98 Å². The molecule has 0 bridgehead atoms. The van der Waals surface area contributed by atoms with E-state index in [1.54, 1.807) is 13.8 Å². The molecular weight excluding hydrogens is 304 g/mol. The molecule has 2 rings (SSSR count). The van der Waals surface area contributed by atoms with Gasteiger partial charge in [-0.05, 0) is 37.6 Å². The predicted octanol–water partition coefficient (Wildman–Crippen LogP) is 2.47. The van der Waals surface area contributed by atoms with Crippen LogP contribution in [0.2, 0.25) is 0 Å². The Balaban J connectivity index is 2.27. The fourth-order valence-corrected chi connectivity index (χ4v) is 2.46. The van der Waals surface area contributed by atoms with E-state index in [0.717, 1.165) is 0 Å². The molecular formula is C12H11ClN2O4S. The number of aryl methyl sites for hydroxylation is 2. The van der Waals surface area contributed by atoms with Crippen LogP contribution < -0.4 is 5.32 Å². The molecule has 0 aliphatic heterocycles. The highest BCUT2D eigenvalue weighted by molar-refractivity contribution is 8.13. The first kappa shape index (κ1) is 14.5. The van der Waals surface area contributed by atoms with Gasteiger partial charge in [-0.15, -0.1) is 0 Å². The number of halogens is 1. The summed E-state index contributed by atoms with van der Waals surface area (Å²) in [6.07, 6.45) is 1.18. The first-order chi connectivity index (χ1) is 9.29. The smallest absolute Gasteiger partial charge is 0.293 e. The van der Waals surface area contributed by atoms with Crippen molar-refractivity contribution in [3.8, 4) is 0 Å². The topological polar surface area (TPSA) is 89.3 Å². The SMILES string of the molecule is Cc1cc(S(=O)(=O)Cl)ccc1NC(=O)c1ocnc1C. The predicted molar refractivity (Wildman–Crippen MR) is 73.4 cm³/mol. The highest BCUT2D eigenvalue weighted by atomic mass is 35.7. The molecule has 0 aliphatic carbocycles. The molecule has 0 radical (unpaired) electrons. The van der Waals surface area contributed by atoms with Crippen LogP contribution in [0.3, 0.4) is 0 Å². The van der Waals surface area contributed by atoms with E-state index >= 15 is 0 Å². The molecule has 0 atom stereocenters. The van der Waals surface area contributed by atoms with Crippen molar-refractivity contribution in [2.45, 2.75) is 18.7 Å². The summed E-state index contributed by atoms with van der Waals surface area (Å²) in [5.74, 6) is -0.344. The van der Waals surface area contributed by atoms with Crippen LogP contribution in [0, 0.1) is 13.8 Å². The largest absolute Gasteiger partial charge is 0.438 e. The summed E-state index contributed by atoms with van der Waals surface area (Å²) >= 11 is 0. The summed E-state index contributed by atoms with van der Waals surface area (Å²) in [6, 6.07) is 4.16. The molecule has 1 amide bonds. The monoisotopic (exact) mass is 314 g/mol. The van der Waals surface area contributed by atoms with Gasteiger partial charge in [0.2, 0.25) is 5.76 Å². The van der Waals surface area contributed by atoms with Crippen molar-refractivity contribution < 1.29 is 17.6 Å². The fourth-order valence-electron chi connectivity index (χ4n) is 1.63. The van der Waals surface area contributed by atoms with Crippen LogP contribution in [0.15, 0.2) is 33.9 Å². The number of benzene rings is 1. The van der Waals surface area contributed by atoms with Crippen LogP contribution in [-0.4, -0.2) is 19.3 Å². The minimum Gasteiger partial charge on any atom is -0.438 e. The van der Waals surface area contributed by atoms with E-state index in [1.807, 2.05) is 0 Å². The first-order valence-corrected chi connectivity index (χ1v) is 7.86. The highest BCUT2D eigenvalue weighted by Crippen LogP contribution is 2.22. The van der Waals surface area contributed by atoms with E-state index in [4.69, 9.17) is 15.1 Å². The maximum atomic E-state index is 11.9. The number of nitrogens with zero attached hydrogens (tertiary/aromatic N) is 1. The standard InChI is InChI=1S/C12H11ClN2O4S/c1-7-5-9(20(13,17)18)3-4-10(7)15-12(16)11-8(2)14-6-19-11/h3-6H,1-2H3,(H,15,16). The van der Waals surface area contributed by atoms with Gasteiger partial charge in [0.25, 0.3) is 15.0 Å². The summed E-state index contributed by atoms with van der Waals surface area (Å²) in [5.41, 5.74) is 1.51. The number of hydrogen-bond donors (Lipinski definition) is 1. The highest BCUT2D eigenvalue weighted by Gasteiger charge is 2.16. The normalized spacial score (nSPS) is 11.3. The van der Waals surface area contributed by atoms with Crippen LogP contribution in [0.4, 0.5) is 5.69 Å². The summed E-state index contributed by atoms with van der Waals surface area (Å²) in [4.78, 5) is 15.7. The Kier molecular flexibility index (Phi) is 3.82. The molecule has 1 aromatic carbocycles. The quantitative estimate of drug-likeness (QED) is 0.879. The second-order valence-corrected chi connectivity index (χ2v) is 6.70. The molecule has 20 heavy (non-hydrogen) atoms. The molecule has 1 aromatic heterocycles. The van der Waals surface area contributed by atoms with Crippen molar-refractivity contribution >= 4 is 31.3 Å². The molecule has 1 N–H and O–H groups in total. The number of aromatic nitrogens is 1. The minimum atomic E-state index is -3.79. The van der Waals surface area contributed by atoms with Gasteiger partial charge in [0, 0.05) is 16.4 Å². The summed E-state index contributed by atoms with van der Waals surface area (Å²) in [6.45, 7) is 3.31. The Morgan fingerprint density at radius 1 is 1.35 bits per heavy atom. The molecule has 6 nitrogen and oxygen atoms in total. The van der Waals surface area contributed by atoms with Gasteiger partial charge in [0.1, 0.15) is 0 Å². The molecule has 106 valence electrons. The van der Waals surface area contributed by atoms with Crippen LogP contribution in [0.25, 0.3) is 0 Å². The minimum absolute atomic E-state index is 0.0227. The Bertz CT molecular complexity index is 768. The van der Waals surface area contributed by atoms with Gasteiger partial charge >= 0.3 is 0 Å². The third-order valence-electron chi connectivity index (χ3n) is 2.68. The maximum absolute atomic E-state index is 11.9. The molecule has 0 fully saturated rings. The van der Waals surface area contributed by atoms with Gasteiger partial charge in [-0.25, -0.2) is 13.4 Å². The molecule has 0 saturated heterocycles. The third-order valence-corrected chi connectivity index (χ3v) is 4.03. The van der Waals surface area contributed by atoms with Crippen LogP contribution in [0.5, 0.6) is 0 Å². The lowest BCUT2D eigenvalue weighted by Crippen LogP contribution is -2.13. The second kappa shape index (κ2) is 5.26. The number of oxazole rings is 1. The molecule has 0 aliphatic rings. The van der Waals surface area contributed by atoms with Crippen LogP contribution in [-0.2, 0) is 9.05 Å². The number of carbonyl (C=O) groups is 1. The fraction of sp³-hybridized carbons (Fsp3) is 0.167. The third kappa shape index (κ3) is 3.00. The number of nitrogens with one attached hydrogen (secondary N) is 1. The maximum Gasteiger partial charge on any atom is 0.293 e. The van der Waals surface area contributed by atoms with Gasteiger partial charge < -0.3 is 9.73 Å². The lowest BCUT2D eigenvalue weighted by atomic mass is 10.2. The second-order valence-electron chi connectivity index (χ2n) is 4.14. The zero-order valence-corrected chi connectivity index (χ0v) is 12.2. The molecule has 0 saturated carbocycles. The van der Waals surface area contributed by atoms with Gasteiger partial charge in [0.05, 0.1) is 10.6 Å². The molecule has 1 heterocycles. The zero-order valence-electron chi connectivity index (χ0n) is 10.7. The van der Waals surface area contributed by atoms with E-state index in [9.17, 15) is 13.2 Å². The van der Waals surface area contributed by atoms with E-state index in [-0.39, 0.29) is 10.7 Å². The Morgan fingerprint density at radius 3 is 2.55 bits per heavy atom. The van der Waals surface area contributed by atoms with Crippen molar-refractivity contribution in [3.63, 3.8) is 0 Å². The van der Waals surface area contributed by atoms with Crippen molar-refractivity contribution in [2.75, 3.05) is 5.32 Å². The number of carbonyl (C=O) groups excluding carboxylic acids is 1. The molecule has 8 heteroatoms. The first-order valence-electron chi connectivity index (χ1n) is 5.56. The van der Waals surface area contributed by atoms with E-state index in [0.29, 0.717) is 16.9 Å². The van der Waals surface area contributed by atoms with Crippen molar-refractivity contribution in [1.29, 1.82) is 0 Å². The zero-order chi connectivity index (χ0) is 14.9. The van der Waals surface area contributed by atoms with Gasteiger partial charge in [-0.1, -0.05) is 0 Å². The van der Waals surface area contributed by atoms with Crippen LogP contribution >= 0.6 is 10.7 Å². The van der Waals surface area contributed by atoms with Crippen molar-refractivity contribution in [3.05, 3.63) is 41.6 Å². The summed E-state index contributed by atoms with van der Waals surface area (Å²) < 4.78 is 27.4. The number of hydrogen-bond acceptors (Lipinski definition) is 5. The van der Waals surface area contributed by atoms with Gasteiger partial charge in [-0.3, -0.25) is 4.79 Å². The average Bonchev–Trinajstić information content (AvgIpc) is 2.76. The Labute approximate surface area is 120 Å². The lowest BCUT2D eigenvalue weighted by molar-refractivity contribution is 0.0996. The molecule has 0 spiro atoms. The van der Waals surface area contributed by atoms with E-state index in [1.165, 1.54) is 24.6 Å². The van der Waals surface area contributed by atoms with Crippen molar-refractivity contribution in [2.24, 2.45) is 0 Å². The van der Waals surface area contributed by atoms with Gasteiger partial charge in [-0.2, -0.15) is 0 Å². The van der Waals surface area contributed by atoms with E-state index < -0.39 is 15.0 Å². The number of amides is 1. The summed E-state index contributed by atoms with van der Waals surface area (Å²) in [5, 5.41) is 2.62. The molecule has 2 aromatic rings. The number of rotatable bonds is 3. The van der Waals surface area contributed by atoms with Gasteiger partial charge in [0.15, 0.2) is 6.39 Å². The van der Waals surface area contributed by atoms with Crippen LogP contribution in [0.1, 0.15) is 21.8 Å². The summed E-state index contributed by atoms with van der Waals surface area (Å²) in [7, 11) is 1.46. The lowest BCUT2D eigenvalue weighted by Gasteiger charge is -2.08.